The number of carbonyl (C=O) groups excluding carboxylic acids is 1. The van der Waals surface area contributed by atoms with Crippen molar-refractivity contribution in [2.45, 2.75) is 50.5 Å². The maximum atomic E-state index is 12.5. The van der Waals surface area contributed by atoms with Gasteiger partial charge < -0.3 is 19.7 Å². The summed E-state index contributed by atoms with van der Waals surface area (Å²) in [7, 11) is -1.88. The Morgan fingerprint density at radius 3 is 2.38 bits per heavy atom. The molecule has 1 fully saturated rings. The Bertz CT molecular complexity index is 1050. The minimum atomic E-state index is -3.46. The van der Waals surface area contributed by atoms with E-state index in [1.807, 2.05) is 0 Å². The predicted octanol–water partition coefficient (Wildman–Crippen LogP) is 3.43. The molecule has 0 aliphatic heterocycles. The highest BCUT2D eigenvalue weighted by molar-refractivity contribution is 7.89. The summed E-state index contributed by atoms with van der Waals surface area (Å²) in [6, 6.07) is 12.1. The highest BCUT2D eigenvalue weighted by Gasteiger charge is 2.27. The van der Waals surface area contributed by atoms with Crippen molar-refractivity contribution in [1.29, 1.82) is 0 Å². The van der Waals surface area contributed by atoms with Crippen LogP contribution in [0.4, 0.5) is 5.69 Å². The number of sulfonamides is 1. The maximum Gasteiger partial charge on any atom is 0.240 e. The van der Waals surface area contributed by atoms with E-state index >= 15 is 0 Å². The van der Waals surface area contributed by atoms with Gasteiger partial charge in [-0.1, -0.05) is 26.0 Å². The van der Waals surface area contributed by atoms with E-state index in [2.05, 4.69) is 28.8 Å². The molecule has 34 heavy (non-hydrogen) atoms. The number of hydrogen-bond donors (Lipinski definition) is 2. The summed E-state index contributed by atoms with van der Waals surface area (Å²) in [6.07, 6.45) is 2.57. The van der Waals surface area contributed by atoms with Gasteiger partial charge in [0.15, 0.2) is 11.5 Å². The summed E-state index contributed by atoms with van der Waals surface area (Å²) >= 11 is 0. The topological polar surface area (TPSA) is 97.0 Å². The number of hydrogen-bond acceptors (Lipinski definition) is 6. The molecule has 0 spiro atoms. The number of nitrogens with zero attached hydrogens (tertiary/aromatic N) is 1. The van der Waals surface area contributed by atoms with Crippen molar-refractivity contribution in [2.24, 2.45) is 0 Å². The van der Waals surface area contributed by atoms with Crippen molar-refractivity contribution < 1.29 is 22.7 Å². The normalized spacial score (nSPS) is 13.6. The lowest BCUT2D eigenvalue weighted by molar-refractivity contribution is -0.116. The Kier molecular flexibility index (Phi) is 9.32. The number of anilines is 1. The van der Waals surface area contributed by atoms with Crippen LogP contribution in [0.25, 0.3) is 0 Å². The first-order valence-electron chi connectivity index (χ1n) is 11.8. The standard InChI is InChI=1S/C25H35N3O5S/c1-4-28(5-2)16-17-33-24-18-21(11-14-23(24)32-3)26-25(29)15-8-19-6-12-22(13-7-19)34(30,31)27-20-9-10-20/h6-7,11-14,18,20,27H,4-5,8-10,15-17H2,1-3H3,(H,26,29). The van der Waals surface area contributed by atoms with Gasteiger partial charge in [0.05, 0.1) is 12.0 Å². The zero-order valence-corrected chi connectivity index (χ0v) is 21.0. The summed E-state index contributed by atoms with van der Waals surface area (Å²) in [5.41, 5.74) is 1.53. The van der Waals surface area contributed by atoms with Crippen LogP contribution >= 0.6 is 0 Å². The van der Waals surface area contributed by atoms with Crippen molar-refractivity contribution in [3.63, 3.8) is 0 Å². The first-order chi connectivity index (χ1) is 16.3. The summed E-state index contributed by atoms with van der Waals surface area (Å²) in [5.74, 6) is 1.07. The number of benzene rings is 2. The molecule has 1 saturated carbocycles. The van der Waals surface area contributed by atoms with Gasteiger partial charge in [0.2, 0.25) is 15.9 Å². The summed E-state index contributed by atoms with van der Waals surface area (Å²) in [5, 5.41) is 2.90. The molecule has 2 aromatic rings. The maximum absolute atomic E-state index is 12.5. The van der Waals surface area contributed by atoms with Gasteiger partial charge in [0, 0.05) is 30.8 Å². The number of methoxy groups -OCH3 is 1. The van der Waals surface area contributed by atoms with E-state index in [-0.39, 0.29) is 23.3 Å². The summed E-state index contributed by atoms with van der Waals surface area (Å²) in [4.78, 5) is 15.0. The third kappa shape index (κ3) is 7.72. The average molecular weight is 490 g/mol. The van der Waals surface area contributed by atoms with Gasteiger partial charge in [-0.05, 0) is 62.2 Å². The van der Waals surface area contributed by atoms with E-state index in [0.717, 1.165) is 38.0 Å². The molecular formula is C25H35N3O5S. The summed E-state index contributed by atoms with van der Waals surface area (Å²) in [6.45, 7) is 7.48. The number of amides is 1. The molecule has 1 aliphatic carbocycles. The van der Waals surface area contributed by atoms with Crippen molar-refractivity contribution in [2.75, 3.05) is 38.7 Å². The molecule has 0 aromatic heterocycles. The lowest BCUT2D eigenvalue weighted by Crippen LogP contribution is -2.28. The van der Waals surface area contributed by atoms with Gasteiger partial charge in [0.1, 0.15) is 6.61 Å². The molecule has 3 rings (SSSR count). The molecule has 1 amide bonds. The van der Waals surface area contributed by atoms with Crippen LogP contribution in [-0.4, -0.2) is 58.6 Å². The first-order valence-corrected chi connectivity index (χ1v) is 13.3. The van der Waals surface area contributed by atoms with Crippen LogP contribution in [0.2, 0.25) is 0 Å². The van der Waals surface area contributed by atoms with Crippen LogP contribution in [0.5, 0.6) is 11.5 Å². The van der Waals surface area contributed by atoms with E-state index in [4.69, 9.17) is 9.47 Å². The number of aryl methyl sites for hydroxylation is 1. The van der Waals surface area contributed by atoms with Gasteiger partial charge in [0.25, 0.3) is 0 Å². The quantitative estimate of drug-likeness (QED) is 0.422. The molecule has 9 heteroatoms. The molecule has 2 aromatic carbocycles. The molecule has 1 aliphatic rings. The second kappa shape index (κ2) is 12.2. The number of carbonyl (C=O) groups is 1. The molecular weight excluding hydrogens is 454 g/mol. The molecule has 0 atom stereocenters. The highest BCUT2D eigenvalue weighted by Crippen LogP contribution is 2.30. The van der Waals surface area contributed by atoms with E-state index < -0.39 is 10.0 Å². The van der Waals surface area contributed by atoms with Gasteiger partial charge in [-0.2, -0.15) is 0 Å². The molecule has 0 saturated heterocycles. The van der Waals surface area contributed by atoms with Crippen LogP contribution in [0.3, 0.4) is 0 Å². The van der Waals surface area contributed by atoms with Crippen LogP contribution in [0.15, 0.2) is 47.4 Å². The first kappa shape index (κ1) is 26.0. The Hall–Kier alpha value is -2.62. The zero-order valence-electron chi connectivity index (χ0n) is 20.2. The molecule has 0 radical (unpaired) electrons. The molecule has 0 bridgehead atoms. The number of likely N-dealkylation sites (N-methyl/N-ethyl adjacent to an activating group) is 1. The lowest BCUT2D eigenvalue weighted by Gasteiger charge is -2.19. The minimum absolute atomic E-state index is 0.0691. The third-order valence-electron chi connectivity index (χ3n) is 5.78. The molecule has 2 N–H and O–H groups in total. The van der Waals surface area contributed by atoms with Gasteiger partial charge in [-0.25, -0.2) is 13.1 Å². The van der Waals surface area contributed by atoms with Crippen LogP contribution in [0, 0.1) is 0 Å². The summed E-state index contributed by atoms with van der Waals surface area (Å²) < 4.78 is 38.5. The van der Waals surface area contributed by atoms with Crippen LogP contribution in [-0.2, 0) is 21.2 Å². The monoisotopic (exact) mass is 489 g/mol. The van der Waals surface area contributed by atoms with Crippen LogP contribution < -0.4 is 19.5 Å². The van der Waals surface area contributed by atoms with E-state index in [1.165, 1.54) is 0 Å². The van der Waals surface area contributed by atoms with Gasteiger partial charge >= 0.3 is 0 Å². The number of nitrogens with one attached hydrogen (secondary N) is 2. The lowest BCUT2D eigenvalue weighted by atomic mass is 10.1. The SMILES string of the molecule is CCN(CC)CCOc1cc(NC(=O)CCc2ccc(S(=O)(=O)NC3CC3)cc2)ccc1OC. The second-order valence-corrected chi connectivity index (χ2v) is 10.0. The van der Waals surface area contributed by atoms with Crippen LogP contribution in [0.1, 0.15) is 38.7 Å². The Labute approximate surface area is 202 Å². The van der Waals surface area contributed by atoms with E-state index in [1.54, 1.807) is 49.6 Å². The molecule has 186 valence electrons. The van der Waals surface area contributed by atoms with Gasteiger partial charge in [-0.3, -0.25) is 4.79 Å². The van der Waals surface area contributed by atoms with Crippen molar-refractivity contribution >= 4 is 21.6 Å². The van der Waals surface area contributed by atoms with Crippen molar-refractivity contribution in [3.05, 3.63) is 48.0 Å². The smallest absolute Gasteiger partial charge is 0.240 e. The predicted molar refractivity (Wildman–Crippen MR) is 133 cm³/mol. The van der Waals surface area contributed by atoms with Crippen molar-refractivity contribution in [3.8, 4) is 11.5 Å². The largest absolute Gasteiger partial charge is 0.493 e. The number of ether oxygens (including phenoxy) is 2. The Balaban J connectivity index is 1.52. The van der Waals surface area contributed by atoms with E-state index in [0.29, 0.717) is 30.2 Å². The fraction of sp³-hybridized carbons (Fsp3) is 0.480. The highest BCUT2D eigenvalue weighted by atomic mass is 32.2. The fourth-order valence-electron chi connectivity index (χ4n) is 3.50. The molecule has 0 heterocycles. The second-order valence-electron chi connectivity index (χ2n) is 8.33. The average Bonchev–Trinajstić information content (AvgIpc) is 3.64. The Morgan fingerprint density at radius 1 is 1.06 bits per heavy atom. The van der Waals surface area contributed by atoms with Gasteiger partial charge in [-0.15, -0.1) is 0 Å². The number of rotatable bonds is 14. The Morgan fingerprint density at radius 2 is 1.76 bits per heavy atom. The fourth-order valence-corrected chi connectivity index (χ4v) is 4.80. The minimum Gasteiger partial charge on any atom is -0.493 e. The molecule has 8 nitrogen and oxygen atoms in total. The van der Waals surface area contributed by atoms with Crippen molar-refractivity contribution in [1.82, 2.24) is 9.62 Å². The third-order valence-corrected chi connectivity index (χ3v) is 7.32. The van der Waals surface area contributed by atoms with E-state index in [9.17, 15) is 13.2 Å². The molecule has 0 unspecified atom stereocenters. The zero-order chi connectivity index (χ0) is 24.6.